The lowest BCUT2D eigenvalue weighted by molar-refractivity contribution is -0.165. The highest BCUT2D eigenvalue weighted by atomic mass is 19.1. The molecule has 2 atom stereocenters. The van der Waals surface area contributed by atoms with Crippen LogP contribution in [0.15, 0.2) is 66.7 Å². The molecule has 4 rings (SSSR count). The van der Waals surface area contributed by atoms with E-state index >= 15 is 4.39 Å². The summed E-state index contributed by atoms with van der Waals surface area (Å²) in [6.07, 6.45) is 4.47. The lowest BCUT2D eigenvalue weighted by Gasteiger charge is -2.38. The minimum Gasteiger partial charge on any atom is -0.468 e. The van der Waals surface area contributed by atoms with E-state index in [2.05, 4.69) is 25.1 Å². The Bertz CT molecular complexity index is 1290. The molecule has 37 heavy (non-hydrogen) atoms. The highest BCUT2D eigenvalue weighted by molar-refractivity contribution is 5.78. The van der Waals surface area contributed by atoms with Crippen LogP contribution in [0.25, 0.3) is 23.3 Å². The first-order chi connectivity index (χ1) is 17.9. The Morgan fingerprint density at radius 3 is 2.49 bits per heavy atom. The summed E-state index contributed by atoms with van der Waals surface area (Å²) >= 11 is 0. The number of hydrogen-bond acceptors (Lipinski definition) is 5. The molecule has 0 bridgehead atoms. The van der Waals surface area contributed by atoms with Gasteiger partial charge in [0.15, 0.2) is 0 Å². The zero-order chi connectivity index (χ0) is 26.4. The Morgan fingerprint density at radius 1 is 1.03 bits per heavy atom. The van der Waals surface area contributed by atoms with Crippen LogP contribution in [-0.4, -0.2) is 42.6 Å². The molecule has 1 heterocycles. The first-order valence-corrected chi connectivity index (χ1v) is 12.5. The van der Waals surface area contributed by atoms with Gasteiger partial charge in [-0.15, -0.1) is 0 Å². The number of methoxy groups -OCH3 is 1. The summed E-state index contributed by atoms with van der Waals surface area (Å²) in [6.45, 7) is 4.36. The van der Waals surface area contributed by atoms with Crippen LogP contribution >= 0.6 is 0 Å². The summed E-state index contributed by atoms with van der Waals surface area (Å²) in [5.74, 6) is -1.24. The van der Waals surface area contributed by atoms with Crippen molar-refractivity contribution >= 4 is 24.1 Å². The van der Waals surface area contributed by atoms with Crippen molar-refractivity contribution in [1.82, 2.24) is 4.90 Å². The molecule has 5 nitrogen and oxygen atoms in total. The summed E-state index contributed by atoms with van der Waals surface area (Å²) in [6, 6.07) is 20.7. The van der Waals surface area contributed by atoms with Crippen LogP contribution in [0.1, 0.15) is 42.0 Å². The van der Waals surface area contributed by atoms with Crippen LogP contribution in [0.5, 0.6) is 0 Å². The Hall–Kier alpha value is -3.77. The minimum atomic E-state index is -0.717. The fourth-order valence-electron chi connectivity index (χ4n) is 4.95. The van der Waals surface area contributed by atoms with Gasteiger partial charge in [0.05, 0.1) is 7.11 Å². The van der Waals surface area contributed by atoms with Gasteiger partial charge in [0.1, 0.15) is 18.0 Å². The predicted molar refractivity (Wildman–Crippen MR) is 143 cm³/mol. The number of carbonyl (C=O) groups excluding carboxylic acids is 2. The molecular formula is C31H32FNO4. The van der Waals surface area contributed by atoms with Crippen molar-refractivity contribution in [3.63, 3.8) is 0 Å². The molecular weight excluding hydrogens is 469 g/mol. The van der Waals surface area contributed by atoms with Gasteiger partial charge in [-0.05, 0) is 60.2 Å². The van der Waals surface area contributed by atoms with Gasteiger partial charge in [0.2, 0.25) is 0 Å². The van der Waals surface area contributed by atoms with Gasteiger partial charge >= 0.3 is 11.9 Å². The van der Waals surface area contributed by atoms with E-state index in [1.165, 1.54) is 20.1 Å². The van der Waals surface area contributed by atoms with Crippen LogP contribution in [-0.2, 0) is 25.6 Å². The number of piperidine rings is 1. The number of esters is 2. The summed E-state index contributed by atoms with van der Waals surface area (Å²) < 4.78 is 25.5. The summed E-state index contributed by atoms with van der Waals surface area (Å²) in [5.41, 5.74) is 5.65. The smallest absolute Gasteiger partial charge is 0.326 e. The van der Waals surface area contributed by atoms with Crippen molar-refractivity contribution in [2.45, 2.75) is 45.4 Å². The number of benzene rings is 3. The lowest BCUT2D eigenvalue weighted by atomic mass is 9.96. The minimum absolute atomic E-state index is 0.339. The van der Waals surface area contributed by atoms with Gasteiger partial charge < -0.3 is 9.47 Å². The maximum atomic E-state index is 15.1. The molecule has 0 aromatic heterocycles. The largest absolute Gasteiger partial charge is 0.468 e. The molecule has 0 spiro atoms. The Labute approximate surface area is 217 Å². The third-order valence-electron chi connectivity index (χ3n) is 6.79. The van der Waals surface area contributed by atoms with Crippen LogP contribution in [0.2, 0.25) is 0 Å². The van der Waals surface area contributed by atoms with Crippen LogP contribution in [0, 0.1) is 12.7 Å². The molecule has 0 N–H and O–H groups in total. The number of carbonyl (C=O) groups is 2. The zero-order valence-electron chi connectivity index (χ0n) is 21.4. The Balaban J connectivity index is 1.52. The SMILES string of the molecule is COC(=O)C1C(OC(C)=O)CCCN1Cc1ccc(/C=C/c2cccc(-c3ccccc3)c2C)c(F)c1. The number of nitrogens with zero attached hydrogens (tertiary/aromatic N) is 1. The van der Waals surface area contributed by atoms with Gasteiger partial charge in [-0.2, -0.15) is 0 Å². The number of rotatable bonds is 7. The molecule has 1 saturated heterocycles. The molecule has 1 fully saturated rings. The van der Waals surface area contributed by atoms with Crippen molar-refractivity contribution in [2.24, 2.45) is 0 Å². The topological polar surface area (TPSA) is 55.8 Å². The first-order valence-electron chi connectivity index (χ1n) is 12.5. The molecule has 192 valence electrons. The van der Waals surface area contributed by atoms with E-state index in [0.717, 1.165) is 34.2 Å². The summed E-state index contributed by atoms with van der Waals surface area (Å²) in [5, 5.41) is 0. The fourth-order valence-corrected chi connectivity index (χ4v) is 4.95. The van der Waals surface area contributed by atoms with Crippen molar-refractivity contribution in [2.75, 3.05) is 13.7 Å². The molecule has 3 aromatic rings. The Kier molecular flexibility index (Phi) is 8.51. The summed E-state index contributed by atoms with van der Waals surface area (Å²) in [7, 11) is 1.32. The molecule has 1 aliphatic heterocycles. The normalized spacial score (nSPS) is 18.1. The summed E-state index contributed by atoms with van der Waals surface area (Å²) in [4.78, 5) is 25.9. The molecule has 2 unspecified atom stereocenters. The number of likely N-dealkylation sites (tertiary alicyclic amines) is 1. The van der Waals surface area contributed by atoms with Gasteiger partial charge in [0, 0.05) is 19.0 Å². The van der Waals surface area contributed by atoms with Gasteiger partial charge in [-0.3, -0.25) is 14.5 Å². The number of hydrogen-bond donors (Lipinski definition) is 0. The average Bonchev–Trinajstić information content (AvgIpc) is 2.89. The number of ether oxygens (including phenoxy) is 2. The predicted octanol–water partition coefficient (Wildman–Crippen LogP) is 6.04. The van der Waals surface area contributed by atoms with E-state index in [9.17, 15) is 9.59 Å². The lowest BCUT2D eigenvalue weighted by Crippen LogP contribution is -2.54. The van der Waals surface area contributed by atoms with Crippen molar-refractivity contribution in [1.29, 1.82) is 0 Å². The molecule has 3 aromatic carbocycles. The molecule has 1 aliphatic rings. The van der Waals surface area contributed by atoms with Crippen LogP contribution < -0.4 is 0 Å². The third kappa shape index (κ3) is 6.33. The second-order valence-electron chi connectivity index (χ2n) is 9.30. The van der Waals surface area contributed by atoms with Crippen molar-refractivity contribution in [3.8, 4) is 11.1 Å². The van der Waals surface area contributed by atoms with E-state index in [-0.39, 0.29) is 5.82 Å². The van der Waals surface area contributed by atoms with Gasteiger partial charge in [-0.25, -0.2) is 4.39 Å². The zero-order valence-corrected chi connectivity index (χ0v) is 21.4. The van der Waals surface area contributed by atoms with E-state index in [1.807, 2.05) is 47.4 Å². The maximum Gasteiger partial charge on any atom is 0.326 e. The second kappa shape index (κ2) is 12.0. The van der Waals surface area contributed by atoms with Gasteiger partial charge in [0.25, 0.3) is 0 Å². The standard InChI is InChI=1S/C31H32FNO4/c1-21-24(11-7-12-27(21)25-9-5-4-6-10-25)16-17-26-15-14-23(19-28(26)32)20-33-18-8-13-29(37-22(2)34)30(33)31(35)36-3/h4-7,9-12,14-17,19,29-30H,8,13,18,20H2,1-3H3/b17-16+. The average molecular weight is 502 g/mol. The highest BCUT2D eigenvalue weighted by Crippen LogP contribution is 2.28. The maximum absolute atomic E-state index is 15.1. The molecule has 0 radical (unpaired) electrons. The van der Waals surface area contributed by atoms with E-state index in [1.54, 1.807) is 12.1 Å². The van der Waals surface area contributed by atoms with E-state index in [0.29, 0.717) is 25.1 Å². The highest BCUT2D eigenvalue weighted by Gasteiger charge is 2.39. The van der Waals surface area contributed by atoms with Gasteiger partial charge in [-0.1, -0.05) is 72.8 Å². The number of halogens is 1. The first kappa shape index (κ1) is 26.3. The third-order valence-corrected chi connectivity index (χ3v) is 6.79. The quantitative estimate of drug-likeness (QED) is 0.292. The molecule has 6 heteroatoms. The molecule has 0 saturated carbocycles. The van der Waals surface area contributed by atoms with Crippen LogP contribution in [0.3, 0.4) is 0 Å². The molecule has 0 amide bonds. The monoisotopic (exact) mass is 501 g/mol. The van der Waals surface area contributed by atoms with E-state index in [4.69, 9.17) is 9.47 Å². The second-order valence-corrected chi connectivity index (χ2v) is 9.30. The van der Waals surface area contributed by atoms with E-state index < -0.39 is 24.1 Å². The van der Waals surface area contributed by atoms with Crippen molar-refractivity contribution in [3.05, 3.63) is 94.8 Å². The fraction of sp³-hybridized carbons (Fsp3) is 0.290. The van der Waals surface area contributed by atoms with Crippen molar-refractivity contribution < 1.29 is 23.5 Å². The van der Waals surface area contributed by atoms with Crippen LogP contribution in [0.4, 0.5) is 4.39 Å². The molecule has 0 aliphatic carbocycles. The Morgan fingerprint density at radius 2 is 1.78 bits per heavy atom.